The second-order valence-electron chi connectivity index (χ2n) is 9.31. The third kappa shape index (κ3) is 6.30. The van der Waals surface area contributed by atoms with E-state index in [4.69, 9.17) is 9.47 Å². The van der Waals surface area contributed by atoms with Crippen molar-refractivity contribution < 1.29 is 23.9 Å². The number of amides is 2. The number of nitrogens with zero attached hydrogens (tertiary/aromatic N) is 4. The van der Waals surface area contributed by atoms with Crippen molar-refractivity contribution in [1.29, 1.82) is 0 Å². The number of benzene rings is 1. The maximum absolute atomic E-state index is 13.3. The summed E-state index contributed by atoms with van der Waals surface area (Å²) in [6.07, 6.45) is 6.93. The van der Waals surface area contributed by atoms with Crippen LogP contribution in [-0.2, 0) is 19.1 Å². The van der Waals surface area contributed by atoms with Gasteiger partial charge in [-0.3, -0.25) is 19.3 Å². The smallest absolute Gasteiger partial charge is 0.310 e. The van der Waals surface area contributed by atoms with Crippen LogP contribution in [-0.4, -0.2) is 89.9 Å². The number of methoxy groups -OCH3 is 1. The van der Waals surface area contributed by atoms with Crippen LogP contribution >= 0.6 is 0 Å². The van der Waals surface area contributed by atoms with Crippen LogP contribution in [0, 0.1) is 5.92 Å². The van der Waals surface area contributed by atoms with Crippen LogP contribution in [0.3, 0.4) is 0 Å². The standard InChI is InChI=1S/C26H35N5O5/c1-3-36-26(34)20-7-5-11-30(16-20)22-9-12-29(13-10-22)25(33)19-6-4-8-23(14-19)31-17-21(15-27-31)28-24(32)18-35-2/h4,6,8,14-15,17,20,22H,3,5,7,9-13,16,18H2,1-2H3,(H,28,32). The molecule has 10 heteroatoms. The first-order chi connectivity index (χ1) is 17.5. The van der Waals surface area contributed by atoms with E-state index in [0.717, 1.165) is 44.5 Å². The van der Waals surface area contributed by atoms with E-state index in [9.17, 15) is 14.4 Å². The second-order valence-corrected chi connectivity index (χ2v) is 9.31. The number of anilines is 1. The molecule has 0 aliphatic carbocycles. The molecule has 1 atom stereocenters. The van der Waals surface area contributed by atoms with Crippen molar-refractivity contribution in [2.75, 3.05) is 51.8 Å². The third-order valence-corrected chi connectivity index (χ3v) is 6.84. The number of carbonyl (C=O) groups excluding carboxylic acids is 3. The minimum atomic E-state index is -0.259. The first kappa shape index (κ1) is 25.8. The Hall–Kier alpha value is -3.24. The number of likely N-dealkylation sites (tertiary alicyclic amines) is 2. The molecule has 0 bridgehead atoms. The summed E-state index contributed by atoms with van der Waals surface area (Å²) in [6.45, 7) is 5.35. The van der Waals surface area contributed by atoms with Gasteiger partial charge in [0.15, 0.2) is 0 Å². The number of hydrogen-bond donors (Lipinski definition) is 1. The molecular formula is C26H35N5O5. The molecule has 2 saturated heterocycles. The highest BCUT2D eigenvalue weighted by Crippen LogP contribution is 2.25. The van der Waals surface area contributed by atoms with Gasteiger partial charge in [0, 0.05) is 38.3 Å². The molecule has 2 aromatic rings. The average Bonchev–Trinajstić information content (AvgIpc) is 3.37. The zero-order valence-corrected chi connectivity index (χ0v) is 21.0. The largest absolute Gasteiger partial charge is 0.466 e. The summed E-state index contributed by atoms with van der Waals surface area (Å²) in [5.41, 5.74) is 1.90. The number of hydrogen-bond acceptors (Lipinski definition) is 7. The van der Waals surface area contributed by atoms with E-state index in [0.29, 0.717) is 37.0 Å². The highest BCUT2D eigenvalue weighted by atomic mass is 16.5. The van der Waals surface area contributed by atoms with E-state index in [1.807, 2.05) is 36.1 Å². The fourth-order valence-corrected chi connectivity index (χ4v) is 5.05. The zero-order valence-electron chi connectivity index (χ0n) is 21.0. The monoisotopic (exact) mass is 497 g/mol. The molecule has 10 nitrogen and oxygen atoms in total. The van der Waals surface area contributed by atoms with E-state index < -0.39 is 0 Å². The van der Waals surface area contributed by atoms with Crippen molar-refractivity contribution in [3.05, 3.63) is 42.2 Å². The fraction of sp³-hybridized carbons (Fsp3) is 0.538. The van der Waals surface area contributed by atoms with Gasteiger partial charge >= 0.3 is 5.97 Å². The van der Waals surface area contributed by atoms with Gasteiger partial charge in [-0.15, -0.1) is 0 Å². The van der Waals surface area contributed by atoms with Crippen LogP contribution in [0.2, 0.25) is 0 Å². The Balaban J connectivity index is 1.33. The van der Waals surface area contributed by atoms with Gasteiger partial charge in [0.25, 0.3) is 5.91 Å². The van der Waals surface area contributed by atoms with Gasteiger partial charge in [-0.2, -0.15) is 5.10 Å². The number of rotatable bonds is 8. The van der Waals surface area contributed by atoms with Crippen molar-refractivity contribution in [2.45, 2.75) is 38.6 Å². The van der Waals surface area contributed by atoms with Crippen molar-refractivity contribution in [2.24, 2.45) is 5.92 Å². The summed E-state index contributed by atoms with van der Waals surface area (Å²) < 4.78 is 11.7. The minimum absolute atomic E-state index is 0.000814. The predicted molar refractivity (Wildman–Crippen MR) is 134 cm³/mol. The van der Waals surface area contributed by atoms with Crippen molar-refractivity contribution in [1.82, 2.24) is 19.6 Å². The molecule has 3 heterocycles. The Morgan fingerprint density at radius 3 is 2.69 bits per heavy atom. The van der Waals surface area contributed by atoms with E-state index >= 15 is 0 Å². The molecule has 4 rings (SSSR count). The Labute approximate surface area is 211 Å². The average molecular weight is 498 g/mol. The molecule has 1 unspecified atom stereocenters. The summed E-state index contributed by atoms with van der Waals surface area (Å²) in [5.74, 6) is -0.391. The van der Waals surface area contributed by atoms with Crippen molar-refractivity contribution in [3.8, 4) is 5.69 Å². The predicted octanol–water partition coefficient (Wildman–Crippen LogP) is 2.34. The SMILES string of the molecule is CCOC(=O)C1CCCN(C2CCN(C(=O)c3cccc(-n4cc(NC(=O)COC)cn4)c3)CC2)C1. The normalized spacial score (nSPS) is 19.2. The van der Waals surface area contributed by atoms with Gasteiger partial charge in [0.1, 0.15) is 6.61 Å². The summed E-state index contributed by atoms with van der Waals surface area (Å²) in [4.78, 5) is 41.5. The lowest BCUT2D eigenvalue weighted by molar-refractivity contribution is -0.150. The molecule has 2 fully saturated rings. The quantitative estimate of drug-likeness (QED) is 0.558. The highest BCUT2D eigenvalue weighted by Gasteiger charge is 2.33. The third-order valence-electron chi connectivity index (χ3n) is 6.84. The van der Waals surface area contributed by atoms with Crippen molar-refractivity contribution >= 4 is 23.5 Å². The summed E-state index contributed by atoms with van der Waals surface area (Å²) >= 11 is 0. The lowest BCUT2D eigenvalue weighted by Crippen LogP contribution is -2.50. The first-order valence-corrected chi connectivity index (χ1v) is 12.6. The van der Waals surface area contributed by atoms with Crippen LogP contribution in [0.15, 0.2) is 36.7 Å². The highest BCUT2D eigenvalue weighted by molar-refractivity contribution is 5.95. The minimum Gasteiger partial charge on any atom is -0.466 e. The first-order valence-electron chi connectivity index (χ1n) is 12.6. The van der Waals surface area contributed by atoms with Gasteiger partial charge in [0.05, 0.1) is 36.3 Å². The van der Waals surface area contributed by atoms with Gasteiger partial charge in [-0.1, -0.05) is 6.07 Å². The number of nitrogens with one attached hydrogen (secondary N) is 1. The van der Waals surface area contributed by atoms with Gasteiger partial charge in [-0.05, 0) is 57.4 Å². The van der Waals surface area contributed by atoms with Crippen molar-refractivity contribution in [3.63, 3.8) is 0 Å². The Kier molecular flexibility index (Phi) is 8.71. The van der Waals surface area contributed by atoms with E-state index in [1.54, 1.807) is 17.1 Å². The molecule has 36 heavy (non-hydrogen) atoms. The molecular weight excluding hydrogens is 462 g/mol. The number of carbonyl (C=O) groups is 3. The molecule has 2 aliphatic rings. The summed E-state index contributed by atoms with van der Waals surface area (Å²) in [6, 6.07) is 7.72. The molecule has 1 N–H and O–H groups in total. The molecule has 0 radical (unpaired) electrons. The zero-order chi connectivity index (χ0) is 25.5. The van der Waals surface area contributed by atoms with Gasteiger partial charge < -0.3 is 19.7 Å². The second kappa shape index (κ2) is 12.1. The van der Waals surface area contributed by atoms with Gasteiger partial charge in [-0.25, -0.2) is 4.68 Å². The molecule has 2 amide bonds. The Morgan fingerprint density at radius 2 is 1.94 bits per heavy atom. The Bertz CT molecular complexity index is 1060. The number of aromatic nitrogens is 2. The maximum Gasteiger partial charge on any atom is 0.310 e. The van der Waals surface area contributed by atoms with Crippen LogP contribution in [0.1, 0.15) is 43.0 Å². The molecule has 194 valence electrons. The van der Waals surface area contributed by atoms with Crippen LogP contribution in [0.4, 0.5) is 5.69 Å². The summed E-state index contributed by atoms with van der Waals surface area (Å²) in [5, 5.41) is 7.02. The topological polar surface area (TPSA) is 106 Å². The number of esters is 1. The lowest BCUT2D eigenvalue weighted by atomic mass is 9.93. The molecule has 2 aliphatic heterocycles. The number of piperidine rings is 2. The number of ether oxygens (including phenoxy) is 2. The van der Waals surface area contributed by atoms with E-state index in [-0.39, 0.29) is 30.3 Å². The van der Waals surface area contributed by atoms with Crippen LogP contribution in [0.5, 0.6) is 0 Å². The molecule has 1 aromatic carbocycles. The summed E-state index contributed by atoms with van der Waals surface area (Å²) in [7, 11) is 1.46. The van der Waals surface area contributed by atoms with E-state index in [2.05, 4.69) is 15.3 Å². The lowest BCUT2D eigenvalue weighted by Gasteiger charge is -2.41. The molecule has 0 spiro atoms. The molecule has 1 aromatic heterocycles. The van der Waals surface area contributed by atoms with Crippen LogP contribution in [0.25, 0.3) is 5.69 Å². The van der Waals surface area contributed by atoms with E-state index in [1.165, 1.54) is 7.11 Å². The maximum atomic E-state index is 13.3. The fourth-order valence-electron chi connectivity index (χ4n) is 5.05. The molecule has 0 saturated carbocycles. The van der Waals surface area contributed by atoms with Crippen LogP contribution < -0.4 is 5.32 Å². The Morgan fingerprint density at radius 1 is 1.14 bits per heavy atom. The van der Waals surface area contributed by atoms with Gasteiger partial charge in [0.2, 0.25) is 5.91 Å².